The van der Waals surface area contributed by atoms with Crippen molar-refractivity contribution in [1.82, 2.24) is 4.90 Å². The van der Waals surface area contributed by atoms with Gasteiger partial charge in [0.05, 0.1) is 0 Å². The molecule has 1 unspecified atom stereocenters. The Morgan fingerprint density at radius 3 is 2.07 bits per heavy atom. The minimum atomic E-state index is 0.821. The lowest BCUT2D eigenvalue weighted by Gasteiger charge is -2.25. The predicted octanol–water partition coefficient (Wildman–Crippen LogP) is 4.08. The van der Waals surface area contributed by atoms with Crippen LogP contribution < -0.4 is 0 Å². The van der Waals surface area contributed by atoms with E-state index in [2.05, 4.69) is 32.7 Å². The molecule has 0 heterocycles. The summed E-state index contributed by atoms with van der Waals surface area (Å²) in [7, 11) is 2.25. The molecule has 0 radical (unpaired) electrons. The number of rotatable bonds is 9. The van der Waals surface area contributed by atoms with Gasteiger partial charge in [0.2, 0.25) is 0 Å². The molecule has 0 amide bonds. The van der Waals surface area contributed by atoms with Crippen LogP contribution in [0.25, 0.3) is 0 Å². The van der Waals surface area contributed by atoms with Gasteiger partial charge in [-0.25, -0.2) is 0 Å². The molecule has 14 heavy (non-hydrogen) atoms. The van der Waals surface area contributed by atoms with Crippen molar-refractivity contribution in [3.05, 3.63) is 0 Å². The second kappa shape index (κ2) is 9.51. The summed E-state index contributed by atoms with van der Waals surface area (Å²) in [5.74, 6) is 0. The van der Waals surface area contributed by atoms with Crippen LogP contribution in [0, 0.1) is 0 Å². The quantitative estimate of drug-likeness (QED) is 0.506. The van der Waals surface area contributed by atoms with E-state index >= 15 is 0 Å². The third kappa shape index (κ3) is 6.42. The van der Waals surface area contributed by atoms with Gasteiger partial charge in [-0.3, -0.25) is 0 Å². The van der Waals surface area contributed by atoms with Gasteiger partial charge in [-0.2, -0.15) is 0 Å². The first kappa shape index (κ1) is 14.0. The lowest BCUT2D eigenvalue weighted by atomic mass is 10.0. The van der Waals surface area contributed by atoms with Crippen LogP contribution in [0.15, 0.2) is 0 Å². The number of hydrogen-bond donors (Lipinski definition) is 0. The minimum absolute atomic E-state index is 0.821. The topological polar surface area (TPSA) is 3.24 Å². The molecule has 0 fully saturated rings. The number of hydrogen-bond acceptors (Lipinski definition) is 1. The summed E-state index contributed by atoms with van der Waals surface area (Å²) in [5, 5.41) is 0. The van der Waals surface area contributed by atoms with E-state index in [1.165, 1.54) is 51.5 Å². The zero-order valence-electron chi connectivity index (χ0n) is 10.7. The van der Waals surface area contributed by atoms with Crippen LogP contribution in [-0.2, 0) is 0 Å². The normalized spacial score (nSPS) is 13.5. The van der Waals surface area contributed by atoms with Crippen molar-refractivity contribution in [2.24, 2.45) is 0 Å². The van der Waals surface area contributed by atoms with Gasteiger partial charge in [0.1, 0.15) is 0 Å². The standard InChI is InChI=1S/C13H29N/c1-5-8-9-10-11-12-13(6-2)14(4)7-3/h13H,5-12H2,1-4H3. The van der Waals surface area contributed by atoms with Gasteiger partial charge in [0.15, 0.2) is 0 Å². The maximum atomic E-state index is 2.49. The molecule has 0 spiro atoms. The molecular formula is C13H29N. The molecule has 0 rings (SSSR count). The summed E-state index contributed by atoms with van der Waals surface area (Å²) in [5.41, 5.74) is 0. The predicted molar refractivity (Wildman–Crippen MR) is 65.8 cm³/mol. The molecular weight excluding hydrogens is 170 g/mol. The van der Waals surface area contributed by atoms with Crippen LogP contribution in [0.2, 0.25) is 0 Å². The molecule has 0 saturated heterocycles. The fourth-order valence-corrected chi connectivity index (χ4v) is 1.98. The molecule has 1 nitrogen and oxygen atoms in total. The van der Waals surface area contributed by atoms with E-state index in [-0.39, 0.29) is 0 Å². The van der Waals surface area contributed by atoms with Crippen LogP contribution in [-0.4, -0.2) is 24.5 Å². The molecule has 0 aromatic carbocycles. The Morgan fingerprint density at radius 2 is 1.57 bits per heavy atom. The lowest BCUT2D eigenvalue weighted by Crippen LogP contribution is -2.30. The average molecular weight is 199 g/mol. The zero-order chi connectivity index (χ0) is 10.8. The molecule has 1 atom stereocenters. The molecule has 1 heteroatoms. The Kier molecular flexibility index (Phi) is 9.49. The van der Waals surface area contributed by atoms with Crippen molar-refractivity contribution >= 4 is 0 Å². The van der Waals surface area contributed by atoms with Crippen LogP contribution in [0.4, 0.5) is 0 Å². The minimum Gasteiger partial charge on any atom is -0.304 e. The SMILES string of the molecule is CCCCCCCC(CC)N(C)CC. The van der Waals surface area contributed by atoms with Gasteiger partial charge in [-0.05, 0) is 26.4 Å². The van der Waals surface area contributed by atoms with E-state index in [4.69, 9.17) is 0 Å². The second-order valence-electron chi connectivity index (χ2n) is 4.34. The van der Waals surface area contributed by atoms with Crippen LogP contribution in [0.1, 0.15) is 65.7 Å². The van der Waals surface area contributed by atoms with Crippen molar-refractivity contribution in [3.8, 4) is 0 Å². The highest BCUT2D eigenvalue weighted by molar-refractivity contribution is 4.65. The number of unbranched alkanes of at least 4 members (excludes halogenated alkanes) is 4. The van der Waals surface area contributed by atoms with E-state index in [1.54, 1.807) is 0 Å². The average Bonchev–Trinajstić information content (AvgIpc) is 2.22. The Balaban J connectivity index is 3.42. The van der Waals surface area contributed by atoms with Gasteiger partial charge in [0.25, 0.3) is 0 Å². The van der Waals surface area contributed by atoms with Crippen LogP contribution in [0.3, 0.4) is 0 Å². The highest BCUT2D eigenvalue weighted by atomic mass is 15.1. The highest BCUT2D eigenvalue weighted by Gasteiger charge is 2.09. The van der Waals surface area contributed by atoms with Crippen molar-refractivity contribution < 1.29 is 0 Å². The van der Waals surface area contributed by atoms with Crippen molar-refractivity contribution in [1.29, 1.82) is 0 Å². The van der Waals surface area contributed by atoms with E-state index in [0.29, 0.717) is 0 Å². The smallest absolute Gasteiger partial charge is 0.00894 e. The molecule has 0 N–H and O–H groups in total. The highest BCUT2D eigenvalue weighted by Crippen LogP contribution is 2.12. The van der Waals surface area contributed by atoms with Crippen molar-refractivity contribution in [3.63, 3.8) is 0 Å². The summed E-state index contributed by atoms with van der Waals surface area (Å²) in [6.45, 7) is 8.02. The second-order valence-corrected chi connectivity index (χ2v) is 4.34. The maximum Gasteiger partial charge on any atom is 0.00894 e. The summed E-state index contributed by atoms with van der Waals surface area (Å²) < 4.78 is 0. The van der Waals surface area contributed by atoms with Gasteiger partial charge in [-0.1, -0.05) is 52.9 Å². The number of nitrogens with zero attached hydrogens (tertiary/aromatic N) is 1. The first-order valence-corrected chi connectivity index (χ1v) is 6.46. The van der Waals surface area contributed by atoms with Gasteiger partial charge in [-0.15, -0.1) is 0 Å². The van der Waals surface area contributed by atoms with E-state index in [0.717, 1.165) is 6.04 Å². The summed E-state index contributed by atoms with van der Waals surface area (Å²) in [6.07, 6.45) is 9.75. The molecule has 0 aliphatic heterocycles. The fraction of sp³-hybridized carbons (Fsp3) is 1.00. The maximum absolute atomic E-state index is 2.49. The lowest BCUT2D eigenvalue weighted by molar-refractivity contribution is 0.230. The summed E-state index contributed by atoms with van der Waals surface area (Å²) >= 11 is 0. The first-order valence-electron chi connectivity index (χ1n) is 6.46. The van der Waals surface area contributed by atoms with Crippen LogP contribution >= 0.6 is 0 Å². The Bertz CT molecular complexity index is 112. The zero-order valence-corrected chi connectivity index (χ0v) is 10.7. The summed E-state index contributed by atoms with van der Waals surface area (Å²) in [6, 6.07) is 0.821. The monoisotopic (exact) mass is 199 g/mol. The Hall–Kier alpha value is -0.0400. The molecule has 0 bridgehead atoms. The largest absolute Gasteiger partial charge is 0.304 e. The van der Waals surface area contributed by atoms with E-state index in [9.17, 15) is 0 Å². The molecule has 0 aliphatic rings. The molecule has 0 aromatic heterocycles. The summed E-state index contributed by atoms with van der Waals surface area (Å²) in [4.78, 5) is 2.49. The molecule has 86 valence electrons. The fourth-order valence-electron chi connectivity index (χ4n) is 1.98. The van der Waals surface area contributed by atoms with E-state index in [1.807, 2.05) is 0 Å². The Morgan fingerprint density at radius 1 is 0.929 bits per heavy atom. The van der Waals surface area contributed by atoms with Crippen LogP contribution in [0.5, 0.6) is 0 Å². The van der Waals surface area contributed by atoms with Gasteiger partial charge >= 0.3 is 0 Å². The van der Waals surface area contributed by atoms with Crippen molar-refractivity contribution in [2.75, 3.05) is 13.6 Å². The van der Waals surface area contributed by atoms with Gasteiger partial charge in [0, 0.05) is 6.04 Å². The van der Waals surface area contributed by atoms with Gasteiger partial charge < -0.3 is 4.90 Å². The third-order valence-electron chi connectivity index (χ3n) is 3.23. The first-order chi connectivity index (χ1) is 6.76. The molecule has 0 saturated carbocycles. The molecule has 0 aliphatic carbocycles. The molecule has 0 aromatic rings. The van der Waals surface area contributed by atoms with Crippen molar-refractivity contribution in [2.45, 2.75) is 71.8 Å². The van der Waals surface area contributed by atoms with E-state index < -0.39 is 0 Å². The third-order valence-corrected chi connectivity index (χ3v) is 3.23. The Labute approximate surface area is 90.9 Å².